The number of nitriles is 1. The van der Waals surface area contributed by atoms with E-state index in [9.17, 15) is 5.26 Å². The van der Waals surface area contributed by atoms with Crippen LogP contribution >= 0.6 is 0 Å². The molecule has 0 N–H and O–H groups in total. The molecule has 3 heteroatoms. The van der Waals surface area contributed by atoms with Crippen molar-refractivity contribution in [2.75, 3.05) is 0 Å². The Morgan fingerprint density at radius 3 is 2.17 bits per heavy atom. The molecule has 1 aliphatic rings. The molecule has 0 spiro atoms. The predicted octanol–water partition coefficient (Wildman–Crippen LogP) is 5.09. The minimum atomic E-state index is -2.03. The molecule has 138 valence electrons. The van der Waals surface area contributed by atoms with Crippen LogP contribution in [-0.4, -0.2) is 13.1 Å². The van der Waals surface area contributed by atoms with Gasteiger partial charge in [-0.25, -0.2) is 0 Å². The highest BCUT2D eigenvalue weighted by Gasteiger charge is 2.41. The van der Waals surface area contributed by atoms with Crippen LogP contribution in [0.2, 0.25) is 13.1 Å². The number of hydrogen-bond acceptors (Lipinski definition) is 2. The zero-order valence-electron chi connectivity index (χ0n) is 16.5. The topological polar surface area (TPSA) is 36.7 Å². The average Bonchev–Trinajstić information content (AvgIpc) is 3.02. The molecule has 5 rings (SSSR count). The van der Waals surface area contributed by atoms with Crippen molar-refractivity contribution < 1.29 is 0 Å². The first-order chi connectivity index (χ1) is 14.1. The van der Waals surface area contributed by atoms with Gasteiger partial charge in [-0.2, -0.15) is 5.26 Å². The largest absolute Gasteiger partial charge is 0.256 e. The van der Waals surface area contributed by atoms with Crippen LogP contribution in [0.1, 0.15) is 5.56 Å². The van der Waals surface area contributed by atoms with Crippen molar-refractivity contribution in [1.29, 1.82) is 5.26 Å². The van der Waals surface area contributed by atoms with Gasteiger partial charge in [-0.15, -0.1) is 0 Å². The molecule has 29 heavy (non-hydrogen) atoms. The lowest BCUT2D eigenvalue weighted by Crippen LogP contribution is -2.51. The molecule has 4 aromatic rings. The SMILES string of the molecule is C[Si]1(C)c2c(C#N)cccc2-c2cccc(-c3cc(-c4ccccc4)ccn3)c21. The summed E-state index contributed by atoms with van der Waals surface area (Å²) in [4.78, 5) is 4.74. The van der Waals surface area contributed by atoms with E-state index in [1.807, 2.05) is 24.4 Å². The number of hydrogen-bond donors (Lipinski definition) is 0. The van der Waals surface area contributed by atoms with Crippen molar-refractivity contribution in [2.45, 2.75) is 13.1 Å². The Balaban J connectivity index is 1.74. The van der Waals surface area contributed by atoms with E-state index in [0.29, 0.717) is 0 Å². The fourth-order valence-corrected chi connectivity index (χ4v) is 8.45. The predicted molar refractivity (Wildman–Crippen MR) is 122 cm³/mol. The lowest BCUT2D eigenvalue weighted by atomic mass is 9.99. The minimum absolute atomic E-state index is 0.812. The molecule has 0 amide bonds. The van der Waals surface area contributed by atoms with Crippen LogP contribution in [0.3, 0.4) is 0 Å². The Morgan fingerprint density at radius 1 is 0.724 bits per heavy atom. The van der Waals surface area contributed by atoms with E-state index in [-0.39, 0.29) is 0 Å². The summed E-state index contributed by atoms with van der Waals surface area (Å²) in [6, 6.07) is 29.7. The summed E-state index contributed by atoms with van der Waals surface area (Å²) in [7, 11) is -2.03. The molecule has 3 aromatic carbocycles. The van der Waals surface area contributed by atoms with Crippen molar-refractivity contribution in [2.24, 2.45) is 0 Å². The quantitative estimate of drug-likeness (QED) is 0.449. The van der Waals surface area contributed by atoms with Gasteiger partial charge < -0.3 is 0 Å². The highest BCUT2D eigenvalue weighted by atomic mass is 28.3. The molecule has 0 aliphatic carbocycles. The van der Waals surface area contributed by atoms with E-state index in [2.05, 4.69) is 79.8 Å². The normalized spacial score (nSPS) is 13.4. The van der Waals surface area contributed by atoms with Gasteiger partial charge in [0.1, 0.15) is 8.07 Å². The fourth-order valence-electron chi connectivity index (χ4n) is 4.72. The number of nitrogens with zero attached hydrogens (tertiary/aromatic N) is 2. The van der Waals surface area contributed by atoms with Gasteiger partial charge in [0.2, 0.25) is 0 Å². The van der Waals surface area contributed by atoms with Crippen LogP contribution in [0.25, 0.3) is 33.5 Å². The molecular formula is C26H20N2Si. The second-order valence-electron chi connectivity index (χ2n) is 7.99. The molecule has 0 atom stereocenters. The maximum absolute atomic E-state index is 9.72. The molecule has 1 aliphatic heterocycles. The lowest BCUT2D eigenvalue weighted by molar-refractivity contribution is 1.33. The maximum atomic E-state index is 9.72. The molecule has 0 radical (unpaired) electrons. The minimum Gasteiger partial charge on any atom is -0.256 e. The average molecular weight is 389 g/mol. The summed E-state index contributed by atoms with van der Waals surface area (Å²) >= 11 is 0. The highest BCUT2D eigenvalue weighted by molar-refractivity contribution is 7.05. The van der Waals surface area contributed by atoms with Gasteiger partial charge >= 0.3 is 0 Å². The number of benzene rings is 3. The van der Waals surface area contributed by atoms with Gasteiger partial charge in [0.15, 0.2) is 0 Å². The maximum Gasteiger partial charge on any atom is 0.116 e. The molecule has 0 saturated heterocycles. The second kappa shape index (κ2) is 6.54. The van der Waals surface area contributed by atoms with Gasteiger partial charge in [-0.3, -0.25) is 4.98 Å². The van der Waals surface area contributed by atoms with E-state index in [0.717, 1.165) is 11.3 Å². The molecule has 0 saturated carbocycles. The Hall–Kier alpha value is -3.48. The van der Waals surface area contributed by atoms with E-state index < -0.39 is 8.07 Å². The van der Waals surface area contributed by atoms with Gasteiger partial charge in [-0.1, -0.05) is 73.8 Å². The second-order valence-corrected chi connectivity index (χ2v) is 12.2. The molecule has 2 heterocycles. The Kier molecular flexibility index (Phi) is 3.97. The molecular weight excluding hydrogens is 368 g/mol. The molecule has 0 unspecified atom stereocenters. The summed E-state index contributed by atoms with van der Waals surface area (Å²) < 4.78 is 0. The van der Waals surface area contributed by atoms with Crippen molar-refractivity contribution in [1.82, 2.24) is 4.98 Å². The zero-order valence-corrected chi connectivity index (χ0v) is 17.5. The third kappa shape index (κ3) is 2.65. The van der Waals surface area contributed by atoms with E-state index in [1.165, 1.54) is 38.2 Å². The Morgan fingerprint density at radius 2 is 1.41 bits per heavy atom. The number of pyridine rings is 1. The number of rotatable bonds is 2. The van der Waals surface area contributed by atoms with E-state index in [1.54, 1.807) is 0 Å². The van der Waals surface area contributed by atoms with Crippen molar-refractivity contribution in [3.05, 3.63) is 90.6 Å². The van der Waals surface area contributed by atoms with Crippen LogP contribution in [0.4, 0.5) is 0 Å². The van der Waals surface area contributed by atoms with Crippen LogP contribution in [0, 0.1) is 11.3 Å². The van der Waals surface area contributed by atoms with Crippen LogP contribution < -0.4 is 10.4 Å². The van der Waals surface area contributed by atoms with Crippen LogP contribution in [-0.2, 0) is 0 Å². The monoisotopic (exact) mass is 388 g/mol. The number of fused-ring (bicyclic) bond motifs is 3. The molecule has 1 aromatic heterocycles. The third-order valence-electron chi connectivity index (χ3n) is 5.93. The van der Waals surface area contributed by atoms with Crippen molar-refractivity contribution in [3.8, 4) is 39.6 Å². The Bertz CT molecular complexity index is 1280. The summed E-state index contributed by atoms with van der Waals surface area (Å²) in [6.07, 6.45) is 1.90. The van der Waals surface area contributed by atoms with Gasteiger partial charge in [0.25, 0.3) is 0 Å². The molecule has 0 bridgehead atoms. The lowest BCUT2D eigenvalue weighted by Gasteiger charge is -2.22. The van der Waals surface area contributed by atoms with Crippen LogP contribution in [0.5, 0.6) is 0 Å². The third-order valence-corrected chi connectivity index (χ3v) is 9.51. The van der Waals surface area contributed by atoms with Gasteiger partial charge in [-0.05, 0) is 50.8 Å². The summed E-state index contributed by atoms with van der Waals surface area (Å²) in [5.74, 6) is 0. The fraction of sp³-hybridized carbons (Fsp3) is 0.0769. The number of aromatic nitrogens is 1. The zero-order chi connectivity index (χ0) is 20.0. The van der Waals surface area contributed by atoms with Gasteiger partial charge in [0, 0.05) is 11.8 Å². The van der Waals surface area contributed by atoms with Crippen molar-refractivity contribution in [3.63, 3.8) is 0 Å². The smallest absolute Gasteiger partial charge is 0.116 e. The Labute approximate surface area is 172 Å². The van der Waals surface area contributed by atoms with E-state index in [4.69, 9.17) is 4.98 Å². The molecule has 0 fully saturated rings. The first-order valence-corrected chi connectivity index (χ1v) is 12.8. The molecule has 2 nitrogen and oxygen atoms in total. The first kappa shape index (κ1) is 17.6. The standard InChI is InChI=1S/C26H20N2Si/c1-29(2)25-20(17-27)10-6-11-21(25)22-12-7-13-23(26(22)29)24-16-19(14-15-28-24)18-8-4-3-5-9-18/h3-16H,1-2H3. The summed E-state index contributed by atoms with van der Waals surface area (Å²) in [5.41, 5.74) is 7.84. The highest BCUT2D eigenvalue weighted by Crippen LogP contribution is 2.34. The van der Waals surface area contributed by atoms with Crippen molar-refractivity contribution >= 4 is 18.4 Å². The first-order valence-electron chi connectivity index (χ1n) is 9.80. The van der Waals surface area contributed by atoms with Crippen LogP contribution in [0.15, 0.2) is 85.1 Å². The summed E-state index contributed by atoms with van der Waals surface area (Å²) in [5, 5.41) is 12.4. The van der Waals surface area contributed by atoms with E-state index >= 15 is 0 Å². The van der Waals surface area contributed by atoms with Gasteiger partial charge in [0.05, 0.1) is 17.3 Å². The summed E-state index contributed by atoms with van der Waals surface area (Å²) in [6.45, 7) is 4.70.